The lowest BCUT2D eigenvalue weighted by molar-refractivity contribution is -0.144. The highest BCUT2D eigenvalue weighted by Gasteiger charge is 2.35. The molecule has 0 atom stereocenters. The van der Waals surface area contributed by atoms with E-state index in [-0.39, 0.29) is 5.92 Å². The van der Waals surface area contributed by atoms with E-state index >= 15 is 0 Å². The van der Waals surface area contributed by atoms with Crippen molar-refractivity contribution >= 4 is 5.97 Å². The van der Waals surface area contributed by atoms with E-state index in [1.165, 1.54) is 0 Å². The molecule has 0 aliphatic heterocycles. The number of ether oxygens (including phenoxy) is 1. The Balaban J connectivity index is 1.76. The van der Waals surface area contributed by atoms with E-state index in [0.717, 1.165) is 5.56 Å². The predicted molar refractivity (Wildman–Crippen MR) is 77.0 cm³/mol. The molecule has 21 heavy (non-hydrogen) atoms. The number of nitrogens with zero attached hydrogens (tertiary/aromatic N) is 1. The third-order valence-corrected chi connectivity index (χ3v) is 4.06. The van der Waals surface area contributed by atoms with Crippen LogP contribution >= 0.6 is 0 Å². The van der Waals surface area contributed by atoms with E-state index in [9.17, 15) is 9.90 Å². The summed E-state index contributed by atoms with van der Waals surface area (Å²) in [7, 11) is 1.57. The first-order chi connectivity index (χ1) is 10.0. The Hall–Kier alpha value is -1.66. The molecule has 0 amide bonds. The van der Waals surface area contributed by atoms with Gasteiger partial charge < -0.3 is 20.3 Å². The van der Waals surface area contributed by atoms with Gasteiger partial charge in [0.05, 0.1) is 18.6 Å². The first-order valence-electron chi connectivity index (χ1n) is 7.17. The molecule has 0 saturated heterocycles. The molecule has 3 N–H and O–H groups in total. The van der Waals surface area contributed by atoms with Crippen molar-refractivity contribution in [1.82, 2.24) is 10.3 Å². The average Bonchev–Trinajstić information content (AvgIpc) is 2.48. The Bertz CT molecular complexity index is 467. The number of hydrogen-bond acceptors (Lipinski definition) is 5. The van der Waals surface area contributed by atoms with Gasteiger partial charge in [-0.25, -0.2) is 4.98 Å². The monoisotopic (exact) mass is 294 g/mol. The molecule has 6 heteroatoms. The zero-order valence-electron chi connectivity index (χ0n) is 12.2. The van der Waals surface area contributed by atoms with Crippen LogP contribution in [-0.4, -0.2) is 40.4 Å². The summed E-state index contributed by atoms with van der Waals surface area (Å²) in [6.07, 6.45) is 3.86. The number of carboxylic acid groups (broad SMARTS) is 1. The van der Waals surface area contributed by atoms with Crippen molar-refractivity contribution in [3.63, 3.8) is 0 Å². The Kier molecular flexibility index (Phi) is 5.14. The Morgan fingerprint density at radius 1 is 1.48 bits per heavy atom. The number of rotatable bonds is 6. The number of hydrogen-bond donors (Lipinski definition) is 3. The second-order valence-electron chi connectivity index (χ2n) is 5.65. The molecule has 0 spiro atoms. The quantitative estimate of drug-likeness (QED) is 0.730. The van der Waals surface area contributed by atoms with Crippen molar-refractivity contribution in [2.75, 3.05) is 13.7 Å². The fourth-order valence-electron chi connectivity index (χ4n) is 2.65. The molecule has 2 rings (SSSR count). The molecule has 1 aliphatic rings. The second kappa shape index (κ2) is 6.87. The Labute approximate surface area is 124 Å². The Morgan fingerprint density at radius 3 is 2.71 bits per heavy atom. The summed E-state index contributed by atoms with van der Waals surface area (Å²) in [5.74, 6) is -0.491. The lowest BCUT2D eigenvalue weighted by Gasteiger charge is -2.34. The van der Waals surface area contributed by atoms with Crippen LogP contribution in [0.1, 0.15) is 31.2 Å². The summed E-state index contributed by atoms with van der Waals surface area (Å²) in [4.78, 5) is 15.0. The minimum atomic E-state index is -0.800. The maximum Gasteiger partial charge on any atom is 0.306 e. The standard InChI is InChI=1S/C15H22N2O4/c1-21-13-3-2-11(9-17-13)8-16-10-15(20)6-4-12(5-7-15)14(18)19/h2-3,9,12,16,20H,4-8,10H2,1H3,(H,18,19). The summed E-state index contributed by atoms with van der Waals surface area (Å²) in [6, 6.07) is 3.72. The van der Waals surface area contributed by atoms with Crippen LogP contribution in [0, 0.1) is 5.92 Å². The van der Waals surface area contributed by atoms with E-state index in [1.54, 1.807) is 19.4 Å². The number of carbonyl (C=O) groups is 1. The van der Waals surface area contributed by atoms with Gasteiger partial charge in [-0.3, -0.25) is 4.79 Å². The molecule has 0 aromatic carbocycles. The van der Waals surface area contributed by atoms with E-state index in [1.807, 2.05) is 6.07 Å². The van der Waals surface area contributed by atoms with Crippen LogP contribution < -0.4 is 10.1 Å². The molecular weight excluding hydrogens is 272 g/mol. The fourth-order valence-corrected chi connectivity index (χ4v) is 2.65. The Morgan fingerprint density at radius 2 is 2.19 bits per heavy atom. The largest absolute Gasteiger partial charge is 0.481 e. The molecule has 0 unspecified atom stereocenters. The van der Waals surface area contributed by atoms with Gasteiger partial charge >= 0.3 is 5.97 Å². The van der Waals surface area contributed by atoms with Crippen molar-refractivity contribution < 1.29 is 19.7 Å². The lowest BCUT2D eigenvalue weighted by Crippen LogP contribution is -2.44. The summed E-state index contributed by atoms with van der Waals surface area (Å²) in [5.41, 5.74) is 0.213. The van der Waals surface area contributed by atoms with Crippen LogP contribution in [0.25, 0.3) is 0 Å². The molecular formula is C15H22N2O4. The molecule has 0 bridgehead atoms. The van der Waals surface area contributed by atoms with Gasteiger partial charge in [-0.05, 0) is 31.2 Å². The first kappa shape index (κ1) is 15.7. The van der Waals surface area contributed by atoms with Gasteiger partial charge in [0, 0.05) is 25.4 Å². The molecule has 116 valence electrons. The molecule has 0 radical (unpaired) electrons. The number of nitrogens with one attached hydrogen (secondary N) is 1. The van der Waals surface area contributed by atoms with E-state index in [4.69, 9.17) is 9.84 Å². The maximum atomic E-state index is 10.9. The van der Waals surface area contributed by atoms with Gasteiger partial charge in [0.15, 0.2) is 0 Å². The number of methoxy groups -OCH3 is 1. The van der Waals surface area contributed by atoms with E-state index < -0.39 is 11.6 Å². The minimum Gasteiger partial charge on any atom is -0.481 e. The normalized spacial score (nSPS) is 25.5. The highest BCUT2D eigenvalue weighted by Crippen LogP contribution is 2.31. The summed E-state index contributed by atoms with van der Waals surface area (Å²) in [5, 5.41) is 22.6. The molecule has 1 aliphatic carbocycles. The summed E-state index contributed by atoms with van der Waals surface area (Å²) >= 11 is 0. The molecule has 6 nitrogen and oxygen atoms in total. The first-order valence-corrected chi connectivity index (χ1v) is 7.17. The van der Waals surface area contributed by atoms with Crippen LogP contribution in [-0.2, 0) is 11.3 Å². The third-order valence-electron chi connectivity index (χ3n) is 4.06. The number of aliphatic hydroxyl groups is 1. The molecule has 1 aromatic heterocycles. The number of aliphatic carboxylic acids is 1. The SMILES string of the molecule is COc1ccc(CNCC2(O)CCC(C(=O)O)CC2)cn1. The van der Waals surface area contributed by atoms with Gasteiger partial charge in [-0.2, -0.15) is 0 Å². The second-order valence-corrected chi connectivity index (χ2v) is 5.65. The maximum absolute atomic E-state index is 10.9. The predicted octanol–water partition coefficient (Wildman–Crippen LogP) is 1.19. The van der Waals surface area contributed by atoms with Crippen LogP contribution in [0.4, 0.5) is 0 Å². The molecule has 1 fully saturated rings. The highest BCUT2D eigenvalue weighted by molar-refractivity contribution is 5.70. The van der Waals surface area contributed by atoms with Gasteiger partial charge in [0.25, 0.3) is 0 Å². The van der Waals surface area contributed by atoms with E-state index in [2.05, 4.69) is 10.3 Å². The fraction of sp³-hybridized carbons (Fsp3) is 0.600. The minimum absolute atomic E-state index is 0.309. The van der Waals surface area contributed by atoms with Crippen LogP contribution in [0.3, 0.4) is 0 Å². The van der Waals surface area contributed by atoms with Crippen LogP contribution in [0.2, 0.25) is 0 Å². The van der Waals surface area contributed by atoms with Gasteiger partial charge in [0.1, 0.15) is 0 Å². The van der Waals surface area contributed by atoms with Gasteiger partial charge in [-0.15, -0.1) is 0 Å². The smallest absolute Gasteiger partial charge is 0.306 e. The third kappa shape index (κ3) is 4.41. The summed E-state index contributed by atoms with van der Waals surface area (Å²) in [6.45, 7) is 1.08. The molecule has 1 heterocycles. The van der Waals surface area contributed by atoms with Crippen molar-refractivity contribution in [2.45, 2.75) is 37.8 Å². The van der Waals surface area contributed by atoms with Crippen molar-refractivity contribution in [3.8, 4) is 5.88 Å². The number of carboxylic acids is 1. The average molecular weight is 294 g/mol. The molecule has 1 aromatic rings. The number of aromatic nitrogens is 1. The lowest BCUT2D eigenvalue weighted by atomic mass is 9.79. The van der Waals surface area contributed by atoms with Crippen molar-refractivity contribution in [2.24, 2.45) is 5.92 Å². The highest BCUT2D eigenvalue weighted by atomic mass is 16.5. The van der Waals surface area contributed by atoms with Crippen LogP contribution in [0.15, 0.2) is 18.3 Å². The van der Waals surface area contributed by atoms with Crippen LogP contribution in [0.5, 0.6) is 5.88 Å². The van der Waals surface area contributed by atoms with E-state index in [0.29, 0.717) is 44.7 Å². The zero-order valence-corrected chi connectivity index (χ0v) is 12.2. The zero-order chi connectivity index (χ0) is 15.3. The summed E-state index contributed by atoms with van der Waals surface area (Å²) < 4.78 is 4.99. The van der Waals surface area contributed by atoms with Gasteiger partial charge in [0.2, 0.25) is 5.88 Å². The molecule has 1 saturated carbocycles. The van der Waals surface area contributed by atoms with Gasteiger partial charge in [-0.1, -0.05) is 6.07 Å². The van der Waals surface area contributed by atoms with Crippen molar-refractivity contribution in [1.29, 1.82) is 0 Å². The topological polar surface area (TPSA) is 91.7 Å². The number of pyridine rings is 1. The van der Waals surface area contributed by atoms with Crippen molar-refractivity contribution in [3.05, 3.63) is 23.9 Å².